The Kier molecular flexibility index (Phi) is 5.24. The van der Waals surface area contributed by atoms with E-state index >= 15 is 0 Å². The molecule has 0 bridgehead atoms. The molecule has 3 aromatic heterocycles. The van der Waals surface area contributed by atoms with Gasteiger partial charge in [-0.1, -0.05) is 28.9 Å². The molecule has 174 valence electrons. The van der Waals surface area contributed by atoms with E-state index in [-0.39, 0.29) is 12.5 Å². The number of carbonyl (C=O) groups is 2. The number of nitrogens with zero attached hydrogens (tertiary/aromatic N) is 6. The van der Waals surface area contributed by atoms with Gasteiger partial charge in [-0.25, -0.2) is 14.5 Å². The van der Waals surface area contributed by atoms with Crippen molar-refractivity contribution in [2.24, 2.45) is 14.1 Å². The van der Waals surface area contributed by atoms with Crippen LogP contribution in [0, 0.1) is 6.92 Å². The first kappa shape index (κ1) is 21.9. The van der Waals surface area contributed by atoms with Crippen LogP contribution in [0.1, 0.15) is 40.1 Å². The first-order valence-electron chi connectivity index (χ1n) is 10.7. The van der Waals surface area contributed by atoms with Crippen molar-refractivity contribution in [3.8, 4) is 0 Å². The molecular weight excluding hydrogens is 458 g/mol. The Labute approximate surface area is 200 Å². The molecule has 0 saturated heterocycles. The summed E-state index contributed by atoms with van der Waals surface area (Å²) in [4.78, 5) is 32.4. The number of halogens is 1. The van der Waals surface area contributed by atoms with Crippen molar-refractivity contribution in [2.45, 2.75) is 19.9 Å². The molecule has 2 amide bonds. The molecule has 5 rings (SSSR count). The van der Waals surface area contributed by atoms with Gasteiger partial charge in [0.25, 0.3) is 5.91 Å². The van der Waals surface area contributed by atoms with E-state index in [1.807, 2.05) is 36.7 Å². The minimum Gasteiger partial charge on any atom is -0.450 e. The maximum absolute atomic E-state index is 13.9. The van der Waals surface area contributed by atoms with Crippen molar-refractivity contribution < 1.29 is 14.3 Å². The van der Waals surface area contributed by atoms with Crippen molar-refractivity contribution >= 4 is 46.3 Å². The molecule has 34 heavy (non-hydrogen) atoms. The Balaban J connectivity index is 1.70. The van der Waals surface area contributed by atoms with Crippen molar-refractivity contribution in [3.63, 3.8) is 0 Å². The highest BCUT2D eigenvalue weighted by atomic mass is 35.5. The van der Waals surface area contributed by atoms with Crippen LogP contribution in [-0.4, -0.2) is 43.2 Å². The van der Waals surface area contributed by atoms with Crippen molar-refractivity contribution in [2.75, 3.05) is 16.8 Å². The van der Waals surface area contributed by atoms with Crippen LogP contribution in [-0.2, 0) is 18.8 Å². The average molecular weight is 480 g/mol. The van der Waals surface area contributed by atoms with E-state index in [9.17, 15) is 9.59 Å². The molecule has 1 aromatic carbocycles. The first-order chi connectivity index (χ1) is 16.3. The number of aromatic nitrogens is 5. The summed E-state index contributed by atoms with van der Waals surface area (Å²) in [5, 5.41) is 11.5. The Morgan fingerprint density at radius 1 is 1.24 bits per heavy atom. The van der Waals surface area contributed by atoms with Gasteiger partial charge in [0.05, 0.1) is 23.6 Å². The van der Waals surface area contributed by atoms with Crippen molar-refractivity contribution in [1.29, 1.82) is 0 Å². The van der Waals surface area contributed by atoms with Gasteiger partial charge in [-0.05, 0) is 43.2 Å². The summed E-state index contributed by atoms with van der Waals surface area (Å²) in [7, 11) is 3.59. The van der Waals surface area contributed by atoms with Gasteiger partial charge in [0, 0.05) is 25.3 Å². The smallest absolute Gasteiger partial charge is 0.411 e. The number of fused-ring (bicyclic) bond motifs is 2. The Morgan fingerprint density at radius 2 is 1.97 bits per heavy atom. The lowest BCUT2D eigenvalue weighted by Gasteiger charge is -2.26. The lowest BCUT2D eigenvalue weighted by atomic mass is 10.0. The maximum Gasteiger partial charge on any atom is 0.411 e. The van der Waals surface area contributed by atoms with Crippen LogP contribution in [0.25, 0.3) is 11.2 Å². The fourth-order valence-electron chi connectivity index (χ4n) is 4.38. The molecule has 0 radical (unpaired) electrons. The molecule has 1 N–H and O–H groups in total. The number of carbonyl (C=O) groups excluding carboxylic acids is 2. The van der Waals surface area contributed by atoms with Crippen LogP contribution >= 0.6 is 11.6 Å². The van der Waals surface area contributed by atoms with E-state index in [1.54, 1.807) is 41.9 Å². The minimum atomic E-state index is -0.624. The molecule has 0 fully saturated rings. The zero-order chi connectivity index (χ0) is 24.1. The van der Waals surface area contributed by atoms with Crippen LogP contribution in [0.4, 0.5) is 16.3 Å². The number of aryl methyl sites for hydroxylation is 3. The number of hydrogen-bond donors (Lipinski definition) is 1. The van der Waals surface area contributed by atoms with Crippen molar-refractivity contribution in [1.82, 2.24) is 24.5 Å². The number of nitrogens with one attached hydrogen (secondary N) is 1. The second kappa shape index (κ2) is 8.14. The van der Waals surface area contributed by atoms with Crippen LogP contribution in [0.15, 0.2) is 36.5 Å². The summed E-state index contributed by atoms with van der Waals surface area (Å²) >= 11 is 6.14. The SMILES string of the molecule is CCOC(=O)Nc1cn(C)c2c1C(=O)N(c1cc(C)c3nnn(C)c3n1)C2c1ccc(Cl)cc1. The predicted molar refractivity (Wildman–Crippen MR) is 127 cm³/mol. The van der Waals surface area contributed by atoms with Gasteiger partial charge >= 0.3 is 6.09 Å². The van der Waals surface area contributed by atoms with Gasteiger partial charge in [0.1, 0.15) is 17.4 Å². The summed E-state index contributed by atoms with van der Waals surface area (Å²) in [5.41, 5.74) is 4.42. The number of amides is 2. The van der Waals surface area contributed by atoms with E-state index in [4.69, 9.17) is 21.3 Å². The highest BCUT2D eigenvalue weighted by Crippen LogP contribution is 2.45. The maximum atomic E-state index is 13.9. The molecule has 4 heterocycles. The van der Waals surface area contributed by atoms with Crippen LogP contribution in [0.3, 0.4) is 0 Å². The van der Waals surface area contributed by atoms with Gasteiger partial charge in [0.15, 0.2) is 5.65 Å². The molecule has 1 atom stereocenters. The first-order valence-corrected chi connectivity index (χ1v) is 11.1. The molecular formula is C23H22ClN7O3. The fourth-order valence-corrected chi connectivity index (χ4v) is 4.50. The lowest BCUT2D eigenvalue weighted by molar-refractivity contribution is 0.0993. The summed E-state index contributed by atoms with van der Waals surface area (Å²) in [6.45, 7) is 3.84. The van der Waals surface area contributed by atoms with Gasteiger partial charge in [-0.3, -0.25) is 15.0 Å². The van der Waals surface area contributed by atoms with Gasteiger partial charge < -0.3 is 9.30 Å². The number of anilines is 2. The van der Waals surface area contributed by atoms with E-state index in [0.29, 0.717) is 33.3 Å². The van der Waals surface area contributed by atoms with Crippen LogP contribution in [0.5, 0.6) is 0 Å². The molecule has 1 unspecified atom stereocenters. The molecule has 0 saturated carbocycles. The largest absolute Gasteiger partial charge is 0.450 e. The number of ether oxygens (including phenoxy) is 1. The van der Waals surface area contributed by atoms with Gasteiger partial charge in [0.2, 0.25) is 0 Å². The molecule has 4 aromatic rings. The number of benzene rings is 1. The molecule has 0 spiro atoms. The Hall–Kier alpha value is -3.92. The van der Waals surface area contributed by atoms with Crippen molar-refractivity contribution in [3.05, 3.63) is 63.9 Å². The summed E-state index contributed by atoms with van der Waals surface area (Å²) in [6.07, 6.45) is 1.09. The third-order valence-corrected chi connectivity index (χ3v) is 6.11. The van der Waals surface area contributed by atoms with Gasteiger partial charge in [-0.15, -0.1) is 5.10 Å². The number of rotatable bonds is 4. The summed E-state index contributed by atoms with van der Waals surface area (Å²) < 4.78 is 8.44. The highest BCUT2D eigenvalue weighted by Gasteiger charge is 2.44. The molecule has 1 aliphatic heterocycles. The lowest BCUT2D eigenvalue weighted by Crippen LogP contribution is -2.31. The van der Waals surface area contributed by atoms with E-state index in [1.165, 1.54) is 0 Å². The minimum absolute atomic E-state index is 0.219. The average Bonchev–Trinajstić information content (AvgIpc) is 3.42. The molecule has 11 heteroatoms. The number of hydrogen-bond acceptors (Lipinski definition) is 6. The summed E-state index contributed by atoms with van der Waals surface area (Å²) in [6, 6.07) is 8.65. The van der Waals surface area contributed by atoms with Crippen LogP contribution < -0.4 is 10.2 Å². The normalized spacial score (nSPS) is 15.1. The molecule has 10 nitrogen and oxygen atoms in total. The van der Waals surface area contributed by atoms with E-state index in [2.05, 4.69) is 15.6 Å². The third kappa shape index (κ3) is 3.38. The number of pyridine rings is 1. The standard InChI is InChI=1S/C23H22ClN7O3/c1-5-34-23(33)25-15-11-29(3)20-17(15)22(32)31(19(20)13-6-8-14(24)9-7-13)16-10-12(2)18-21(26-16)30(4)28-27-18/h6-11,19H,5H2,1-4H3,(H,25,33). The second-order valence-corrected chi connectivity index (χ2v) is 8.51. The third-order valence-electron chi connectivity index (χ3n) is 5.86. The fraction of sp³-hybridized carbons (Fsp3) is 0.261. The Morgan fingerprint density at radius 3 is 2.68 bits per heavy atom. The van der Waals surface area contributed by atoms with Crippen LogP contribution in [0.2, 0.25) is 5.02 Å². The Bertz CT molecular complexity index is 1440. The topological polar surface area (TPSA) is 107 Å². The molecule has 0 aliphatic carbocycles. The second-order valence-electron chi connectivity index (χ2n) is 8.07. The van der Waals surface area contributed by atoms with E-state index in [0.717, 1.165) is 16.8 Å². The quantitative estimate of drug-likeness (QED) is 0.474. The van der Waals surface area contributed by atoms with Gasteiger partial charge in [-0.2, -0.15) is 0 Å². The summed E-state index contributed by atoms with van der Waals surface area (Å²) in [5.74, 6) is 0.169. The molecule has 1 aliphatic rings. The highest BCUT2D eigenvalue weighted by molar-refractivity contribution is 6.30. The zero-order valence-electron chi connectivity index (χ0n) is 19.0. The van der Waals surface area contributed by atoms with E-state index < -0.39 is 12.1 Å². The zero-order valence-corrected chi connectivity index (χ0v) is 19.8. The monoisotopic (exact) mass is 479 g/mol. The predicted octanol–water partition coefficient (Wildman–Crippen LogP) is 3.98.